The van der Waals surface area contributed by atoms with Crippen molar-refractivity contribution < 1.29 is 9.47 Å². The zero-order valence-corrected chi connectivity index (χ0v) is 21.1. The Balaban J connectivity index is 0.00000320. The van der Waals surface area contributed by atoms with Crippen LogP contribution in [0, 0.1) is 0 Å². The van der Waals surface area contributed by atoms with Crippen LogP contribution in [0.2, 0.25) is 0 Å². The molecule has 0 amide bonds. The number of guanidine groups is 1. The van der Waals surface area contributed by atoms with E-state index in [0.717, 1.165) is 62.2 Å². The van der Waals surface area contributed by atoms with Crippen LogP contribution in [0.15, 0.2) is 23.2 Å². The SMILES string of the molecule is CCNC(=NCC1CCCN1C)NC1CCN(c2cc(OC)cc(OC)c2)CC1.I. The van der Waals surface area contributed by atoms with E-state index in [-0.39, 0.29) is 24.0 Å². The minimum Gasteiger partial charge on any atom is -0.497 e. The van der Waals surface area contributed by atoms with Gasteiger partial charge in [0, 0.05) is 55.6 Å². The summed E-state index contributed by atoms with van der Waals surface area (Å²) < 4.78 is 10.8. The predicted octanol–water partition coefficient (Wildman–Crippen LogP) is 2.94. The molecule has 0 saturated carbocycles. The van der Waals surface area contributed by atoms with E-state index in [1.807, 2.05) is 6.07 Å². The number of hydrogen-bond acceptors (Lipinski definition) is 5. The van der Waals surface area contributed by atoms with E-state index in [4.69, 9.17) is 14.5 Å². The minimum atomic E-state index is 0. The fourth-order valence-electron chi connectivity index (χ4n) is 4.18. The standard InChI is InChI=1S/C22H37N5O2.HI/c1-5-23-22(24-16-18-7-6-10-26(18)2)25-17-8-11-27(12-9-17)19-13-20(28-3)15-21(14-19)29-4;/h13-15,17-18H,5-12,16H2,1-4H3,(H2,23,24,25);1H. The van der Waals surface area contributed by atoms with Crippen molar-refractivity contribution in [2.24, 2.45) is 4.99 Å². The molecule has 2 aliphatic heterocycles. The highest BCUT2D eigenvalue weighted by Crippen LogP contribution is 2.30. The number of likely N-dealkylation sites (N-methyl/N-ethyl adjacent to an activating group) is 1. The number of aliphatic imine (C=N–C) groups is 1. The number of nitrogens with one attached hydrogen (secondary N) is 2. The molecule has 0 aliphatic carbocycles. The molecule has 0 bridgehead atoms. The van der Waals surface area contributed by atoms with Gasteiger partial charge in [-0.25, -0.2) is 0 Å². The van der Waals surface area contributed by atoms with Crippen LogP contribution >= 0.6 is 24.0 Å². The summed E-state index contributed by atoms with van der Waals surface area (Å²) in [4.78, 5) is 9.70. The molecular weight excluding hydrogens is 493 g/mol. The highest BCUT2D eigenvalue weighted by Gasteiger charge is 2.23. The normalized spacial score (nSPS) is 20.6. The lowest BCUT2D eigenvalue weighted by atomic mass is 10.0. The molecule has 30 heavy (non-hydrogen) atoms. The molecule has 1 aromatic carbocycles. The largest absolute Gasteiger partial charge is 0.497 e. The Morgan fingerprint density at radius 1 is 1.07 bits per heavy atom. The van der Waals surface area contributed by atoms with Gasteiger partial charge in [0.25, 0.3) is 0 Å². The van der Waals surface area contributed by atoms with Gasteiger partial charge < -0.3 is 29.9 Å². The molecule has 0 radical (unpaired) electrons. The maximum atomic E-state index is 5.42. The Morgan fingerprint density at radius 2 is 1.73 bits per heavy atom. The molecule has 7 nitrogen and oxygen atoms in total. The maximum absolute atomic E-state index is 5.42. The molecule has 1 unspecified atom stereocenters. The minimum absolute atomic E-state index is 0. The lowest BCUT2D eigenvalue weighted by Crippen LogP contribution is -2.49. The van der Waals surface area contributed by atoms with Crippen LogP contribution < -0.4 is 25.0 Å². The summed E-state index contributed by atoms with van der Waals surface area (Å²) in [7, 11) is 5.59. The van der Waals surface area contributed by atoms with Crippen molar-refractivity contribution in [1.82, 2.24) is 15.5 Å². The van der Waals surface area contributed by atoms with Crippen molar-refractivity contribution in [2.75, 3.05) is 58.9 Å². The first-order valence-electron chi connectivity index (χ1n) is 10.9. The number of piperidine rings is 1. The number of halogens is 1. The zero-order chi connectivity index (χ0) is 20.6. The lowest BCUT2D eigenvalue weighted by molar-refractivity contribution is 0.317. The van der Waals surface area contributed by atoms with Crippen LogP contribution in [0.5, 0.6) is 11.5 Å². The van der Waals surface area contributed by atoms with Gasteiger partial charge in [-0.1, -0.05) is 0 Å². The van der Waals surface area contributed by atoms with E-state index in [9.17, 15) is 0 Å². The highest BCUT2D eigenvalue weighted by atomic mass is 127. The molecule has 1 atom stereocenters. The number of methoxy groups -OCH3 is 2. The summed E-state index contributed by atoms with van der Waals surface area (Å²) >= 11 is 0. The molecule has 2 fully saturated rings. The van der Waals surface area contributed by atoms with Gasteiger partial charge in [-0.3, -0.25) is 4.99 Å². The van der Waals surface area contributed by atoms with Crippen LogP contribution in [-0.2, 0) is 0 Å². The third kappa shape index (κ3) is 6.80. The number of ether oxygens (including phenoxy) is 2. The first kappa shape index (κ1) is 24.8. The molecule has 0 spiro atoms. The summed E-state index contributed by atoms with van der Waals surface area (Å²) in [6.45, 7) is 7.07. The topological polar surface area (TPSA) is 61.4 Å². The summed E-state index contributed by atoms with van der Waals surface area (Å²) in [5.74, 6) is 2.62. The average molecular weight is 531 g/mol. The molecule has 2 N–H and O–H groups in total. The second-order valence-corrected chi connectivity index (χ2v) is 7.97. The number of nitrogens with zero attached hydrogens (tertiary/aromatic N) is 3. The van der Waals surface area contributed by atoms with E-state index < -0.39 is 0 Å². The quantitative estimate of drug-likeness (QED) is 0.321. The van der Waals surface area contributed by atoms with Crippen molar-refractivity contribution in [1.29, 1.82) is 0 Å². The number of rotatable bonds is 7. The molecule has 170 valence electrons. The molecule has 8 heteroatoms. The Morgan fingerprint density at radius 3 is 2.27 bits per heavy atom. The maximum Gasteiger partial charge on any atom is 0.191 e. The first-order valence-corrected chi connectivity index (χ1v) is 10.9. The molecule has 2 aliphatic rings. The fraction of sp³-hybridized carbons (Fsp3) is 0.682. The number of benzene rings is 1. The van der Waals surface area contributed by atoms with Crippen molar-refractivity contribution in [3.63, 3.8) is 0 Å². The molecule has 2 saturated heterocycles. The van der Waals surface area contributed by atoms with Crippen molar-refractivity contribution >= 4 is 35.6 Å². The summed E-state index contributed by atoms with van der Waals surface area (Å²) in [5, 5.41) is 7.07. The van der Waals surface area contributed by atoms with Gasteiger partial charge >= 0.3 is 0 Å². The molecule has 0 aromatic heterocycles. The Bertz CT molecular complexity index is 657. The van der Waals surface area contributed by atoms with Crippen LogP contribution in [0.4, 0.5) is 5.69 Å². The molecular formula is C22H38IN5O2. The van der Waals surface area contributed by atoms with Crippen molar-refractivity contribution in [2.45, 2.75) is 44.7 Å². The van der Waals surface area contributed by atoms with E-state index in [1.165, 1.54) is 19.4 Å². The average Bonchev–Trinajstić information content (AvgIpc) is 3.17. The number of anilines is 1. The summed E-state index contributed by atoms with van der Waals surface area (Å²) in [5.41, 5.74) is 1.16. The molecule has 2 heterocycles. The van der Waals surface area contributed by atoms with E-state index in [0.29, 0.717) is 12.1 Å². The zero-order valence-electron chi connectivity index (χ0n) is 18.8. The van der Waals surface area contributed by atoms with E-state index >= 15 is 0 Å². The summed E-state index contributed by atoms with van der Waals surface area (Å²) in [6, 6.07) is 7.10. The summed E-state index contributed by atoms with van der Waals surface area (Å²) in [6.07, 6.45) is 4.69. The second kappa shape index (κ2) is 12.4. The van der Waals surface area contributed by atoms with Crippen molar-refractivity contribution in [3.8, 4) is 11.5 Å². The number of hydrogen-bond donors (Lipinski definition) is 2. The first-order chi connectivity index (χ1) is 14.1. The van der Waals surface area contributed by atoms with Gasteiger partial charge in [0.1, 0.15) is 11.5 Å². The third-order valence-electron chi connectivity index (χ3n) is 6.01. The van der Waals surface area contributed by atoms with Gasteiger partial charge in [0.15, 0.2) is 5.96 Å². The Labute approximate surface area is 198 Å². The molecule has 3 rings (SSSR count). The van der Waals surface area contributed by atoms with E-state index in [1.54, 1.807) is 14.2 Å². The van der Waals surface area contributed by atoms with Gasteiger partial charge in [-0.05, 0) is 46.2 Å². The smallest absolute Gasteiger partial charge is 0.191 e. The van der Waals surface area contributed by atoms with E-state index in [2.05, 4.69) is 46.5 Å². The Kier molecular flexibility index (Phi) is 10.3. The molecule has 1 aromatic rings. The van der Waals surface area contributed by atoms with Gasteiger partial charge in [-0.2, -0.15) is 0 Å². The second-order valence-electron chi connectivity index (χ2n) is 7.97. The van der Waals surface area contributed by atoms with Gasteiger partial charge in [0.05, 0.1) is 20.8 Å². The fourth-order valence-corrected chi connectivity index (χ4v) is 4.18. The van der Waals surface area contributed by atoms with Gasteiger partial charge in [0.2, 0.25) is 0 Å². The highest BCUT2D eigenvalue weighted by molar-refractivity contribution is 14.0. The van der Waals surface area contributed by atoms with Crippen LogP contribution in [-0.4, -0.2) is 76.9 Å². The van der Waals surface area contributed by atoms with Gasteiger partial charge in [-0.15, -0.1) is 24.0 Å². The Hall–Kier alpha value is -1.42. The monoisotopic (exact) mass is 531 g/mol. The lowest BCUT2D eigenvalue weighted by Gasteiger charge is -2.35. The third-order valence-corrected chi connectivity index (χ3v) is 6.01. The van der Waals surface area contributed by atoms with Crippen LogP contribution in [0.3, 0.4) is 0 Å². The predicted molar refractivity (Wildman–Crippen MR) is 135 cm³/mol. The van der Waals surface area contributed by atoms with Crippen molar-refractivity contribution in [3.05, 3.63) is 18.2 Å². The van der Waals surface area contributed by atoms with Crippen LogP contribution in [0.1, 0.15) is 32.6 Å². The van der Waals surface area contributed by atoms with Crippen LogP contribution in [0.25, 0.3) is 0 Å². The number of likely N-dealkylation sites (tertiary alicyclic amines) is 1.